The lowest BCUT2D eigenvalue weighted by Crippen LogP contribution is -2.26. The van der Waals surface area contributed by atoms with E-state index in [1.54, 1.807) is 11.9 Å². The van der Waals surface area contributed by atoms with Crippen LogP contribution >= 0.6 is 0 Å². The summed E-state index contributed by atoms with van der Waals surface area (Å²) in [5, 5.41) is 7.13. The molecule has 1 heterocycles. The molecule has 0 radical (unpaired) electrons. The fraction of sp³-hybridized carbons (Fsp3) is 0.222. The van der Waals surface area contributed by atoms with Crippen molar-refractivity contribution in [3.63, 3.8) is 0 Å². The normalized spacial score (nSPS) is 12.6. The Labute approximate surface area is 135 Å². The minimum atomic E-state index is -0.485. The third-order valence-electron chi connectivity index (χ3n) is 3.82. The van der Waals surface area contributed by atoms with E-state index in [0.29, 0.717) is 18.0 Å². The summed E-state index contributed by atoms with van der Waals surface area (Å²) >= 11 is 0. The molecule has 0 saturated carbocycles. The highest BCUT2D eigenvalue weighted by Gasteiger charge is 2.33. The molecule has 23 heavy (non-hydrogen) atoms. The number of rotatable bonds is 5. The molecule has 118 valence electrons. The van der Waals surface area contributed by atoms with Gasteiger partial charge in [0.2, 0.25) is 0 Å². The summed E-state index contributed by atoms with van der Waals surface area (Å²) < 4.78 is 11.3. The molecule has 0 spiro atoms. The average Bonchev–Trinajstić information content (AvgIpc) is 2.59. The Hall–Kier alpha value is -2.82. The van der Waals surface area contributed by atoms with Crippen LogP contribution in [0.1, 0.15) is 17.0 Å². The first kappa shape index (κ1) is 15.1. The van der Waals surface area contributed by atoms with Crippen molar-refractivity contribution < 1.29 is 14.3 Å². The Morgan fingerprint density at radius 1 is 1.17 bits per heavy atom. The highest BCUT2D eigenvalue weighted by atomic mass is 16.5. The third kappa shape index (κ3) is 3.04. The SMILES string of the molecule is CN(C=N)CCOC(=O)C1c2ccccc2Oc2ccccc21. The number of fused-ring (bicyclic) bond motifs is 2. The maximum Gasteiger partial charge on any atom is 0.318 e. The number of benzene rings is 2. The van der Waals surface area contributed by atoms with Gasteiger partial charge in [0.15, 0.2) is 0 Å². The molecular formula is C18H18N2O3. The zero-order valence-electron chi connectivity index (χ0n) is 12.9. The Morgan fingerprint density at radius 2 is 1.74 bits per heavy atom. The van der Waals surface area contributed by atoms with Crippen LogP contribution in [0.2, 0.25) is 0 Å². The first-order chi connectivity index (χ1) is 11.2. The van der Waals surface area contributed by atoms with E-state index in [-0.39, 0.29) is 12.6 Å². The van der Waals surface area contributed by atoms with Gasteiger partial charge in [-0.1, -0.05) is 36.4 Å². The Morgan fingerprint density at radius 3 is 2.30 bits per heavy atom. The number of para-hydroxylation sites is 2. The van der Waals surface area contributed by atoms with Gasteiger partial charge in [-0.05, 0) is 12.1 Å². The van der Waals surface area contributed by atoms with Crippen LogP contribution in [-0.4, -0.2) is 37.4 Å². The quantitative estimate of drug-likeness (QED) is 0.524. The van der Waals surface area contributed by atoms with Crippen LogP contribution in [-0.2, 0) is 9.53 Å². The lowest BCUT2D eigenvalue weighted by Gasteiger charge is -2.27. The number of hydrogen-bond donors (Lipinski definition) is 1. The van der Waals surface area contributed by atoms with Gasteiger partial charge in [0.05, 0.1) is 12.9 Å². The van der Waals surface area contributed by atoms with E-state index in [2.05, 4.69) is 0 Å². The maximum atomic E-state index is 12.6. The average molecular weight is 310 g/mol. The second kappa shape index (κ2) is 6.52. The topological polar surface area (TPSA) is 62.6 Å². The molecule has 0 saturated heterocycles. The van der Waals surface area contributed by atoms with Gasteiger partial charge in [-0.2, -0.15) is 0 Å². The number of esters is 1. The summed E-state index contributed by atoms with van der Waals surface area (Å²) in [6.07, 6.45) is 1.20. The van der Waals surface area contributed by atoms with Crippen molar-refractivity contribution in [2.75, 3.05) is 20.2 Å². The van der Waals surface area contributed by atoms with Crippen LogP contribution in [0.3, 0.4) is 0 Å². The van der Waals surface area contributed by atoms with Gasteiger partial charge in [0.1, 0.15) is 24.0 Å². The van der Waals surface area contributed by atoms with Gasteiger partial charge >= 0.3 is 5.97 Å². The van der Waals surface area contributed by atoms with Crippen LogP contribution in [0.5, 0.6) is 11.5 Å². The molecule has 1 aliphatic rings. The predicted octanol–water partition coefficient (Wildman–Crippen LogP) is 3.01. The largest absolute Gasteiger partial charge is 0.463 e. The van der Waals surface area contributed by atoms with E-state index in [4.69, 9.17) is 14.9 Å². The second-order valence-corrected chi connectivity index (χ2v) is 5.39. The number of likely N-dealkylation sites (N-methyl/N-ethyl adjacent to an activating group) is 1. The number of hydrogen-bond acceptors (Lipinski definition) is 4. The van der Waals surface area contributed by atoms with Gasteiger partial charge in [-0.3, -0.25) is 10.2 Å². The second-order valence-electron chi connectivity index (χ2n) is 5.39. The number of nitrogens with zero attached hydrogens (tertiary/aromatic N) is 1. The van der Waals surface area contributed by atoms with E-state index >= 15 is 0 Å². The number of carbonyl (C=O) groups is 1. The zero-order valence-corrected chi connectivity index (χ0v) is 12.9. The molecule has 0 fully saturated rings. The van der Waals surface area contributed by atoms with Crippen LogP contribution in [0.4, 0.5) is 0 Å². The highest BCUT2D eigenvalue weighted by Crippen LogP contribution is 2.44. The van der Waals surface area contributed by atoms with Crippen molar-refractivity contribution in [2.45, 2.75) is 5.92 Å². The molecule has 0 aliphatic carbocycles. The van der Waals surface area contributed by atoms with Crippen molar-refractivity contribution >= 4 is 12.3 Å². The van der Waals surface area contributed by atoms with Crippen molar-refractivity contribution in [1.82, 2.24) is 4.90 Å². The standard InChI is InChI=1S/C18H18N2O3/c1-20(12-19)10-11-22-18(21)17-13-6-2-4-8-15(13)23-16-9-5-3-7-14(16)17/h2-9,12,17,19H,10-11H2,1H3. The maximum absolute atomic E-state index is 12.6. The molecule has 1 aliphatic heterocycles. The Kier molecular flexibility index (Phi) is 4.28. The minimum Gasteiger partial charge on any atom is -0.463 e. The van der Waals surface area contributed by atoms with Crippen LogP contribution in [0.15, 0.2) is 48.5 Å². The van der Waals surface area contributed by atoms with Gasteiger partial charge in [-0.25, -0.2) is 0 Å². The smallest absolute Gasteiger partial charge is 0.318 e. The molecule has 0 amide bonds. The molecule has 0 atom stereocenters. The lowest BCUT2D eigenvalue weighted by atomic mass is 9.88. The van der Waals surface area contributed by atoms with E-state index in [1.165, 1.54) is 6.34 Å². The Bertz CT molecular complexity index is 684. The summed E-state index contributed by atoms with van der Waals surface area (Å²) in [4.78, 5) is 14.3. The fourth-order valence-electron chi connectivity index (χ4n) is 2.60. The van der Waals surface area contributed by atoms with Crippen LogP contribution < -0.4 is 4.74 Å². The van der Waals surface area contributed by atoms with Crippen LogP contribution in [0.25, 0.3) is 0 Å². The molecule has 5 nitrogen and oxygen atoms in total. The van der Waals surface area contributed by atoms with Gasteiger partial charge in [-0.15, -0.1) is 0 Å². The summed E-state index contributed by atoms with van der Waals surface area (Å²) in [5.41, 5.74) is 1.63. The number of ether oxygens (including phenoxy) is 2. The number of carbonyl (C=O) groups excluding carboxylic acids is 1. The Balaban J connectivity index is 1.86. The van der Waals surface area contributed by atoms with E-state index in [0.717, 1.165) is 11.1 Å². The molecule has 5 heteroatoms. The first-order valence-electron chi connectivity index (χ1n) is 7.44. The van der Waals surface area contributed by atoms with E-state index < -0.39 is 5.92 Å². The van der Waals surface area contributed by atoms with Crippen molar-refractivity contribution in [3.8, 4) is 11.5 Å². The molecule has 0 unspecified atom stereocenters. The summed E-state index contributed by atoms with van der Waals surface area (Å²) in [7, 11) is 1.76. The van der Waals surface area contributed by atoms with Crippen molar-refractivity contribution in [3.05, 3.63) is 59.7 Å². The highest BCUT2D eigenvalue weighted by molar-refractivity contribution is 5.85. The minimum absolute atomic E-state index is 0.242. The zero-order chi connectivity index (χ0) is 16.2. The summed E-state index contributed by atoms with van der Waals surface area (Å²) in [6, 6.07) is 15.0. The molecule has 3 rings (SSSR count). The molecule has 2 aromatic rings. The monoisotopic (exact) mass is 310 g/mol. The predicted molar refractivity (Wildman–Crippen MR) is 87.2 cm³/mol. The van der Waals surface area contributed by atoms with Crippen molar-refractivity contribution in [2.24, 2.45) is 0 Å². The van der Waals surface area contributed by atoms with E-state index in [1.807, 2.05) is 48.5 Å². The summed E-state index contributed by atoms with van der Waals surface area (Å²) in [6.45, 7) is 0.730. The fourth-order valence-corrected chi connectivity index (χ4v) is 2.60. The molecule has 0 aromatic heterocycles. The molecule has 1 N–H and O–H groups in total. The van der Waals surface area contributed by atoms with E-state index in [9.17, 15) is 4.79 Å². The molecule has 0 bridgehead atoms. The summed E-state index contributed by atoms with van der Waals surface area (Å²) in [5.74, 6) is 0.586. The molecule has 2 aromatic carbocycles. The van der Waals surface area contributed by atoms with Gasteiger partial charge < -0.3 is 14.4 Å². The first-order valence-corrected chi connectivity index (χ1v) is 7.44. The molecular weight excluding hydrogens is 292 g/mol. The van der Waals surface area contributed by atoms with Gasteiger partial charge in [0.25, 0.3) is 0 Å². The number of nitrogens with one attached hydrogen (secondary N) is 1. The van der Waals surface area contributed by atoms with Crippen molar-refractivity contribution in [1.29, 1.82) is 5.41 Å². The third-order valence-corrected chi connectivity index (χ3v) is 3.82. The van der Waals surface area contributed by atoms with Gasteiger partial charge in [0, 0.05) is 18.2 Å². The lowest BCUT2D eigenvalue weighted by molar-refractivity contribution is -0.144. The van der Waals surface area contributed by atoms with Crippen LogP contribution in [0, 0.1) is 5.41 Å².